The highest BCUT2D eigenvalue weighted by Gasteiger charge is 2.09. The van der Waals surface area contributed by atoms with E-state index < -0.39 is 0 Å². The highest BCUT2D eigenvalue weighted by Crippen LogP contribution is 2.18. The molecule has 1 aromatic rings. The summed E-state index contributed by atoms with van der Waals surface area (Å²) in [6, 6.07) is 7.98. The van der Waals surface area contributed by atoms with Gasteiger partial charge in [-0.15, -0.1) is 0 Å². The van der Waals surface area contributed by atoms with Crippen LogP contribution in [0.3, 0.4) is 0 Å². The number of benzene rings is 1. The molecule has 96 valence electrons. The molecule has 0 aromatic heterocycles. The Labute approximate surface area is 103 Å². The van der Waals surface area contributed by atoms with E-state index >= 15 is 0 Å². The molecular formula is C13H22N2O2. The molecule has 0 bridgehead atoms. The van der Waals surface area contributed by atoms with Gasteiger partial charge in [0.2, 0.25) is 0 Å². The second-order valence-corrected chi connectivity index (χ2v) is 3.89. The number of nitrogens with two attached hydrogens (primary N) is 1. The normalized spacial score (nSPS) is 12.4. The summed E-state index contributed by atoms with van der Waals surface area (Å²) in [4.78, 5) is 0. The third-order valence-electron chi connectivity index (χ3n) is 2.47. The third kappa shape index (κ3) is 4.73. The molecule has 17 heavy (non-hydrogen) atoms. The lowest BCUT2D eigenvalue weighted by Gasteiger charge is -2.17. The first-order chi connectivity index (χ1) is 8.31. The van der Waals surface area contributed by atoms with Gasteiger partial charge in [0.25, 0.3) is 0 Å². The van der Waals surface area contributed by atoms with Crippen LogP contribution in [0.1, 0.15) is 24.9 Å². The molecule has 0 aliphatic carbocycles. The summed E-state index contributed by atoms with van der Waals surface area (Å²) in [5.74, 6) is 0.869. The van der Waals surface area contributed by atoms with Gasteiger partial charge in [-0.05, 0) is 24.1 Å². The Balaban J connectivity index is 2.66. The summed E-state index contributed by atoms with van der Waals surface area (Å²) < 4.78 is 5.58. The first kappa shape index (κ1) is 14.0. The Morgan fingerprint density at radius 2 is 2.29 bits per heavy atom. The second-order valence-electron chi connectivity index (χ2n) is 3.89. The van der Waals surface area contributed by atoms with Crippen LogP contribution < -0.4 is 15.8 Å². The molecule has 0 fully saturated rings. The van der Waals surface area contributed by atoms with E-state index in [-0.39, 0.29) is 12.6 Å². The van der Waals surface area contributed by atoms with Gasteiger partial charge in [-0.25, -0.2) is 0 Å². The van der Waals surface area contributed by atoms with E-state index in [2.05, 4.69) is 12.2 Å². The fourth-order valence-electron chi connectivity index (χ4n) is 1.62. The van der Waals surface area contributed by atoms with Crippen LogP contribution >= 0.6 is 0 Å². The van der Waals surface area contributed by atoms with Crippen LogP contribution in [-0.4, -0.2) is 31.4 Å². The fraction of sp³-hybridized carbons (Fsp3) is 0.538. The van der Waals surface area contributed by atoms with E-state index in [4.69, 9.17) is 15.6 Å². The Morgan fingerprint density at radius 3 is 2.94 bits per heavy atom. The van der Waals surface area contributed by atoms with Crippen LogP contribution in [0.4, 0.5) is 0 Å². The summed E-state index contributed by atoms with van der Waals surface area (Å²) in [5.41, 5.74) is 6.80. The average Bonchev–Trinajstić information content (AvgIpc) is 2.38. The minimum absolute atomic E-state index is 0.0623. The van der Waals surface area contributed by atoms with Crippen LogP contribution in [0.5, 0.6) is 5.75 Å². The van der Waals surface area contributed by atoms with Gasteiger partial charge in [-0.1, -0.05) is 19.1 Å². The number of aliphatic hydroxyl groups excluding tert-OH is 1. The maximum atomic E-state index is 8.80. The van der Waals surface area contributed by atoms with Gasteiger partial charge in [0.15, 0.2) is 0 Å². The highest BCUT2D eigenvalue weighted by molar-refractivity contribution is 5.30. The maximum Gasteiger partial charge on any atom is 0.119 e. The first-order valence-electron chi connectivity index (χ1n) is 6.08. The monoisotopic (exact) mass is 238 g/mol. The Kier molecular flexibility index (Phi) is 6.62. The predicted molar refractivity (Wildman–Crippen MR) is 69.1 cm³/mol. The van der Waals surface area contributed by atoms with Crippen LogP contribution in [-0.2, 0) is 0 Å². The predicted octanol–water partition coefficient (Wildman–Crippen LogP) is 1.06. The van der Waals surface area contributed by atoms with Gasteiger partial charge in [0.1, 0.15) is 5.75 Å². The van der Waals surface area contributed by atoms with Crippen LogP contribution in [0.25, 0.3) is 0 Å². The Morgan fingerprint density at radius 1 is 1.47 bits per heavy atom. The largest absolute Gasteiger partial charge is 0.494 e. The Hall–Kier alpha value is -1.10. The highest BCUT2D eigenvalue weighted by atomic mass is 16.5. The summed E-state index contributed by atoms with van der Waals surface area (Å²) >= 11 is 0. The van der Waals surface area contributed by atoms with E-state index in [1.807, 2.05) is 24.3 Å². The molecular weight excluding hydrogens is 216 g/mol. The van der Waals surface area contributed by atoms with Crippen molar-refractivity contribution in [2.45, 2.75) is 19.4 Å². The number of nitrogens with one attached hydrogen (secondary N) is 1. The van der Waals surface area contributed by atoms with Crippen LogP contribution in [0.2, 0.25) is 0 Å². The molecule has 0 aliphatic heterocycles. The molecule has 4 nitrogen and oxygen atoms in total. The number of aliphatic hydroxyl groups is 1. The standard InChI is InChI=1S/C13H22N2O2/c1-2-8-17-12-5-3-4-11(9-12)13(10-14)15-6-7-16/h3-5,9,13,15-16H,2,6-8,10,14H2,1H3. The van der Waals surface area contributed by atoms with E-state index in [1.54, 1.807) is 0 Å². The summed E-state index contributed by atoms with van der Waals surface area (Å²) in [5, 5.41) is 12.0. The van der Waals surface area contributed by atoms with Gasteiger partial charge in [0, 0.05) is 19.1 Å². The van der Waals surface area contributed by atoms with Gasteiger partial charge < -0.3 is 20.9 Å². The van der Waals surface area contributed by atoms with Crippen LogP contribution in [0, 0.1) is 0 Å². The minimum atomic E-state index is 0.0623. The zero-order valence-corrected chi connectivity index (χ0v) is 10.4. The minimum Gasteiger partial charge on any atom is -0.494 e. The van der Waals surface area contributed by atoms with Crippen molar-refractivity contribution in [3.05, 3.63) is 29.8 Å². The van der Waals surface area contributed by atoms with Crippen molar-refractivity contribution in [2.24, 2.45) is 5.73 Å². The molecule has 1 aromatic carbocycles. The van der Waals surface area contributed by atoms with Crippen molar-refractivity contribution in [1.29, 1.82) is 0 Å². The van der Waals surface area contributed by atoms with Crippen molar-refractivity contribution in [3.63, 3.8) is 0 Å². The van der Waals surface area contributed by atoms with Gasteiger partial charge >= 0.3 is 0 Å². The van der Waals surface area contributed by atoms with Crippen molar-refractivity contribution in [3.8, 4) is 5.75 Å². The molecule has 1 unspecified atom stereocenters. The SMILES string of the molecule is CCCOc1cccc(C(CN)NCCO)c1. The molecule has 4 heteroatoms. The van der Waals surface area contributed by atoms with Gasteiger partial charge in [-0.2, -0.15) is 0 Å². The molecule has 0 saturated heterocycles. The number of ether oxygens (including phenoxy) is 1. The number of hydrogen-bond acceptors (Lipinski definition) is 4. The average molecular weight is 238 g/mol. The molecule has 1 rings (SSSR count). The van der Waals surface area contributed by atoms with Crippen molar-refractivity contribution < 1.29 is 9.84 Å². The Bertz CT molecular complexity index is 318. The van der Waals surface area contributed by atoms with Crippen molar-refractivity contribution in [1.82, 2.24) is 5.32 Å². The summed E-state index contributed by atoms with van der Waals surface area (Å²) in [6.07, 6.45) is 0.993. The molecule has 4 N–H and O–H groups in total. The van der Waals surface area contributed by atoms with Crippen molar-refractivity contribution in [2.75, 3.05) is 26.3 Å². The lowest BCUT2D eigenvalue weighted by Crippen LogP contribution is -2.30. The summed E-state index contributed by atoms with van der Waals surface area (Å²) in [6.45, 7) is 3.96. The fourth-order valence-corrected chi connectivity index (χ4v) is 1.62. The zero-order valence-electron chi connectivity index (χ0n) is 10.4. The molecule has 0 radical (unpaired) electrons. The number of rotatable bonds is 8. The van der Waals surface area contributed by atoms with E-state index in [0.717, 1.165) is 24.3 Å². The molecule has 0 spiro atoms. The van der Waals surface area contributed by atoms with E-state index in [9.17, 15) is 0 Å². The molecule has 0 saturated carbocycles. The lowest BCUT2D eigenvalue weighted by atomic mass is 10.1. The molecule has 1 atom stereocenters. The summed E-state index contributed by atoms with van der Waals surface area (Å²) in [7, 11) is 0. The van der Waals surface area contributed by atoms with E-state index in [0.29, 0.717) is 13.1 Å². The maximum absolute atomic E-state index is 8.80. The molecule has 0 heterocycles. The van der Waals surface area contributed by atoms with Crippen LogP contribution in [0.15, 0.2) is 24.3 Å². The first-order valence-corrected chi connectivity index (χ1v) is 6.08. The zero-order chi connectivity index (χ0) is 12.5. The van der Waals surface area contributed by atoms with E-state index in [1.165, 1.54) is 0 Å². The molecule has 0 aliphatic rings. The smallest absolute Gasteiger partial charge is 0.119 e. The topological polar surface area (TPSA) is 67.5 Å². The number of hydrogen-bond donors (Lipinski definition) is 3. The lowest BCUT2D eigenvalue weighted by molar-refractivity contribution is 0.284. The quantitative estimate of drug-likeness (QED) is 0.633. The second kappa shape index (κ2) is 8.06. The van der Waals surface area contributed by atoms with Gasteiger partial charge in [0.05, 0.1) is 13.2 Å². The third-order valence-corrected chi connectivity index (χ3v) is 2.47. The van der Waals surface area contributed by atoms with Gasteiger partial charge in [-0.3, -0.25) is 0 Å². The molecule has 0 amide bonds. The van der Waals surface area contributed by atoms with Crippen molar-refractivity contribution >= 4 is 0 Å².